The summed E-state index contributed by atoms with van der Waals surface area (Å²) in [7, 11) is 0. The maximum atomic E-state index is 12.4. The van der Waals surface area contributed by atoms with Crippen LogP contribution in [0.2, 0.25) is 5.02 Å². The van der Waals surface area contributed by atoms with E-state index in [1.54, 1.807) is 6.08 Å². The van der Waals surface area contributed by atoms with Gasteiger partial charge in [-0.15, -0.1) is 0 Å². The van der Waals surface area contributed by atoms with Crippen molar-refractivity contribution in [2.45, 2.75) is 51.5 Å². The van der Waals surface area contributed by atoms with E-state index >= 15 is 0 Å². The average Bonchev–Trinajstić information content (AvgIpc) is 2.53. The first kappa shape index (κ1) is 16.2. The van der Waals surface area contributed by atoms with Crippen LogP contribution in [0.5, 0.6) is 0 Å². The Morgan fingerprint density at radius 2 is 1.75 bits per heavy atom. The summed E-state index contributed by atoms with van der Waals surface area (Å²) in [5, 5.41) is 3.93. The Balaban J connectivity index is 1.42. The molecule has 4 fully saturated rings. The van der Waals surface area contributed by atoms with Gasteiger partial charge in [-0.3, -0.25) is 4.79 Å². The zero-order valence-electron chi connectivity index (χ0n) is 14.3. The van der Waals surface area contributed by atoms with E-state index in [1.807, 2.05) is 30.3 Å². The van der Waals surface area contributed by atoms with E-state index < -0.39 is 0 Å². The van der Waals surface area contributed by atoms with Crippen LogP contribution < -0.4 is 5.32 Å². The molecule has 4 aliphatic rings. The van der Waals surface area contributed by atoms with Gasteiger partial charge < -0.3 is 5.32 Å². The Morgan fingerprint density at radius 3 is 2.33 bits per heavy atom. The standard InChI is InChI=1S/C21H26ClNO/c1-14(21-11-15-8-16(12-21)10-17(9-15)13-21)23-20(24)7-6-18-4-2-3-5-19(18)22/h2-7,14-17H,8-13H2,1H3,(H,23,24)/b7-6+/t14-,15?,16?,17?,21?/m0/s1. The molecule has 0 spiro atoms. The molecule has 3 heteroatoms. The van der Waals surface area contributed by atoms with E-state index in [0.717, 1.165) is 23.3 Å². The van der Waals surface area contributed by atoms with E-state index in [1.165, 1.54) is 38.5 Å². The molecule has 24 heavy (non-hydrogen) atoms. The fourth-order valence-corrected chi connectivity index (χ4v) is 6.10. The molecule has 4 bridgehead atoms. The van der Waals surface area contributed by atoms with E-state index in [9.17, 15) is 4.79 Å². The van der Waals surface area contributed by atoms with Gasteiger partial charge in [-0.1, -0.05) is 29.8 Å². The predicted octanol–water partition coefficient (Wildman–Crippen LogP) is 5.07. The number of hydrogen-bond acceptors (Lipinski definition) is 1. The SMILES string of the molecule is C[C@H](NC(=O)/C=C/c1ccccc1Cl)C12CC3CC(CC(C3)C1)C2. The molecule has 0 unspecified atom stereocenters. The van der Waals surface area contributed by atoms with Crippen LogP contribution in [0, 0.1) is 23.2 Å². The third-order valence-electron chi connectivity index (χ3n) is 6.68. The van der Waals surface area contributed by atoms with Gasteiger partial charge in [-0.05, 0) is 86.3 Å². The highest BCUT2D eigenvalue weighted by molar-refractivity contribution is 6.32. The zero-order chi connectivity index (χ0) is 16.7. The molecule has 1 aromatic carbocycles. The van der Waals surface area contributed by atoms with Crippen molar-refractivity contribution >= 4 is 23.6 Å². The van der Waals surface area contributed by atoms with Crippen molar-refractivity contribution in [1.29, 1.82) is 0 Å². The molecule has 128 valence electrons. The third-order valence-corrected chi connectivity index (χ3v) is 7.03. The van der Waals surface area contributed by atoms with Crippen LogP contribution >= 0.6 is 11.6 Å². The Morgan fingerprint density at radius 1 is 1.17 bits per heavy atom. The summed E-state index contributed by atoms with van der Waals surface area (Å²) in [6, 6.07) is 7.86. The second kappa shape index (κ2) is 6.22. The lowest BCUT2D eigenvalue weighted by molar-refractivity contribution is -0.121. The quantitative estimate of drug-likeness (QED) is 0.759. The lowest BCUT2D eigenvalue weighted by Gasteiger charge is -2.59. The Kier molecular flexibility index (Phi) is 4.20. The maximum absolute atomic E-state index is 12.4. The average molecular weight is 344 g/mol. The van der Waals surface area contributed by atoms with Crippen molar-refractivity contribution in [2.24, 2.45) is 23.2 Å². The van der Waals surface area contributed by atoms with Gasteiger partial charge in [0.25, 0.3) is 0 Å². The molecule has 0 heterocycles. The van der Waals surface area contributed by atoms with Gasteiger partial charge in [-0.25, -0.2) is 0 Å². The topological polar surface area (TPSA) is 29.1 Å². The molecule has 2 nitrogen and oxygen atoms in total. The van der Waals surface area contributed by atoms with Gasteiger partial charge in [0.05, 0.1) is 0 Å². The smallest absolute Gasteiger partial charge is 0.244 e. The van der Waals surface area contributed by atoms with Crippen LogP contribution in [0.4, 0.5) is 0 Å². The number of carbonyl (C=O) groups excluding carboxylic acids is 1. The van der Waals surface area contributed by atoms with Crippen LogP contribution in [0.1, 0.15) is 51.0 Å². The van der Waals surface area contributed by atoms with Gasteiger partial charge in [0.15, 0.2) is 0 Å². The molecule has 0 radical (unpaired) electrons. The van der Waals surface area contributed by atoms with E-state index in [4.69, 9.17) is 11.6 Å². The van der Waals surface area contributed by atoms with Gasteiger partial charge in [0, 0.05) is 17.1 Å². The Labute approximate surface area is 149 Å². The second-order valence-electron chi connectivity index (χ2n) is 8.37. The summed E-state index contributed by atoms with van der Waals surface area (Å²) < 4.78 is 0. The largest absolute Gasteiger partial charge is 0.350 e. The van der Waals surface area contributed by atoms with Crippen molar-refractivity contribution in [3.05, 3.63) is 40.9 Å². The van der Waals surface area contributed by atoms with Gasteiger partial charge >= 0.3 is 0 Å². The lowest BCUT2D eigenvalue weighted by atomic mass is 9.48. The summed E-state index contributed by atoms with van der Waals surface area (Å²) in [6.07, 6.45) is 11.7. The van der Waals surface area contributed by atoms with Gasteiger partial charge in [0.2, 0.25) is 5.91 Å². The summed E-state index contributed by atoms with van der Waals surface area (Å²) in [6.45, 7) is 2.22. The minimum atomic E-state index is -0.00170. The number of amides is 1. The summed E-state index contributed by atoms with van der Waals surface area (Å²) in [5.41, 5.74) is 1.24. The number of carbonyl (C=O) groups is 1. The predicted molar refractivity (Wildman–Crippen MR) is 98.7 cm³/mol. The summed E-state index contributed by atoms with van der Waals surface area (Å²) >= 11 is 6.14. The van der Waals surface area contributed by atoms with Gasteiger partial charge in [-0.2, -0.15) is 0 Å². The Bertz CT molecular complexity index is 630. The first-order chi connectivity index (χ1) is 11.5. The van der Waals surface area contributed by atoms with Crippen molar-refractivity contribution in [2.75, 3.05) is 0 Å². The molecule has 1 amide bonds. The Hall–Kier alpha value is -1.28. The van der Waals surface area contributed by atoms with Crippen molar-refractivity contribution in [3.8, 4) is 0 Å². The number of benzene rings is 1. The van der Waals surface area contributed by atoms with E-state index in [0.29, 0.717) is 10.4 Å². The number of hydrogen-bond donors (Lipinski definition) is 1. The molecular formula is C21H26ClNO. The molecule has 0 aromatic heterocycles. The van der Waals surface area contributed by atoms with Crippen molar-refractivity contribution < 1.29 is 4.79 Å². The second-order valence-corrected chi connectivity index (χ2v) is 8.77. The number of halogens is 1. The van der Waals surface area contributed by atoms with Crippen LogP contribution in [0.3, 0.4) is 0 Å². The first-order valence-corrected chi connectivity index (χ1v) is 9.65. The molecule has 1 atom stereocenters. The highest BCUT2D eigenvalue weighted by atomic mass is 35.5. The van der Waals surface area contributed by atoms with Crippen LogP contribution in [-0.2, 0) is 4.79 Å². The van der Waals surface area contributed by atoms with Gasteiger partial charge in [0.1, 0.15) is 0 Å². The fraction of sp³-hybridized carbons (Fsp3) is 0.571. The highest BCUT2D eigenvalue weighted by Crippen LogP contribution is 2.61. The molecule has 0 saturated heterocycles. The van der Waals surface area contributed by atoms with E-state index in [2.05, 4.69) is 12.2 Å². The van der Waals surface area contributed by atoms with Crippen molar-refractivity contribution in [3.63, 3.8) is 0 Å². The molecule has 4 saturated carbocycles. The molecule has 1 N–H and O–H groups in total. The number of rotatable bonds is 4. The molecule has 4 aliphatic carbocycles. The zero-order valence-corrected chi connectivity index (χ0v) is 15.1. The monoisotopic (exact) mass is 343 g/mol. The lowest BCUT2D eigenvalue weighted by Crippen LogP contribution is -2.55. The third kappa shape index (κ3) is 3.01. The van der Waals surface area contributed by atoms with Crippen LogP contribution in [-0.4, -0.2) is 11.9 Å². The highest BCUT2D eigenvalue weighted by Gasteiger charge is 2.53. The minimum Gasteiger partial charge on any atom is -0.350 e. The van der Waals surface area contributed by atoms with Crippen molar-refractivity contribution in [1.82, 2.24) is 5.32 Å². The fourth-order valence-electron chi connectivity index (χ4n) is 5.90. The maximum Gasteiger partial charge on any atom is 0.244 e. The molecule has 0 aliphatic heterocycles. The van der Waals surface area contributed by atoms with E-state index in [-0.39, 0.29) is 11.9 Å². The molecular weight excluding hydrogens is 318 g/mol. The van der Waals surface area contributed by atoms with Crippen LogP contribution in [0.25, 0.3) is 6.08 Å². The normalized spacial score (nSPS) is 35.3. The number of nitrogens with one attached hydrogen (secondary N) is 1. The summed E-state index contributed by atoms with van der Waals surface area (Å²) in [5.74, 6) is 2.73. The summed E-state index contributed by atoms with van der Waals surface area (Å²) in [4.78, 5) is 12.4. The van der Waals surface area contributed by atoms with Crippen LogP contribution in [0.15, 0.2) is 30.3 Å². The molecule has 1 aromatic rings. The molecule has 5 rings (SSSR count). The first-order valence-electron chi connectivity index (χ1n) is 9.27. The minimum absolute atomic E-state index is 0.00170.